The van der Waals surface area contributed by atoms with E-state index in [4.69, 9.17) is 9.47 Å². The number of hydrogen-bond acceptors (Lipinski definition) is 6. The maximum absolute atomic E-state index is 12.2. The number of nitro groups is 1. The van der Waals surface area contributed by atoms with Gasteiger partial charge in [0.1, 0.15) is 6.61 Å². The number of methoxy groups -OCH3 is 1. The Kier molecular flexibility index (Phi) is 6.95. The minimum Gasteiger partial charge on any atom is -0.493 e. The smallest absolute Gasteiger partial charge is 0.271 e. The summed E-state index contributed by atoms with van der Waals surface area (Å²) in [4.78, 5) is 22.5. The van der Waals surface area contributed by atoms with E-state index in [0.717, 1.165) is 11.1 Å². The van der Waals surface area contributed by atoms with Crippen molar-refractivity contribution in [1.29, 1.82) is 0 Å². The second kappa shape index (κ2) is 10.0. The van der Waals surface area contributed by atoms with Gasteiger partial charge in [-0.25, -0.2) is 5.43 Å². The van der Waals surface area contributed by atoms with Crippen LogP contribution in [0.1, 0.15) is 27.0 Å². The number of non-ortho nitro benzene ring substituents is 1. The van der Waals surface area contributed by atoms with Crippen LogP contribution in [0.4, 0.5) is 5.69 Å². The highest BCUT2D eigenvalue weighted by Crippen LogP contribution is 2.28. The third kappa shape index (κ3) is 5.66. The Labute approximate surface area is 179 Å². The summed E-state index contributed by atoms with van der Waals surface area (Å²) in [6, 6.07) is 18.6. The van der Waals surface area contributed by atoms with Gasteiger partial charge in [0.15, 0.2) is 11.5 Å². The average Bonchev–Trinajstić information content (AvgIpc) is 2.78. The second-order valence-corrected chi connectivity index (χ2v) is 6.64. The first-order chi connectivity index (χ1) is 15.0. The lowest BCUT2D eigenvalue weighted by Crippen LogP contribution is -2.18. The van der Waals surface area contributed by atoms with E-state index in [0.29, 0.717) is 22.6 Å². The number of hydrogen-bond donors (Lipinski definition) is 1. The number of nitrogens with one attached hydrogen (secondary N) is 1. The fourth-order valence-corrected chi connectivity index (χ4v) is 2.81. The van der Waals surface area contributed by atoms with Gasteiger partial charge in [0.05, 0.1) is 18.2 Å². The van der Waals surface area contributed by atoms with E-state index >= 15 is 0 Å². The molecule has 0 bridgehead atoms. The molecule has 0 saturated carbocycles. The molecule has 3 rings (SSSR count). The zero-order valence-corrected chi connectivity index (χ0v) is 17.1. The lowest BCUT2D eigenvalue weighted by atomic mass is 10.1. The standard InChI is InChI=1S/C23H21N3O5/c1-16-5-3-4-6-20(16)23(27)25-24-14-18-9-12-21(30-2)22(13-18)31-15-17-7-10-19(11-8-17)26(28)29/h3-14H,15H2,1-2H3,(H,25,27)/b24-14-. The van der Waals surface area contributed by atoms with Gasteiger partial charge in [-0.3, -0.25) is 14.9 Å². The molecule has 0 heterocycles. The number of rotatable bonds is 8. The number of aryl methyl sites for hydroxylation is 1. The first-order valence-corrected chi connectivity index (χ1v) is 9.41. The van der Waals surface area contributed by atoms with Gasteiger partial charge in [0.25, 0.3) is 11.6 Å². The fraction of sp³-hybridized carbons (Fsp3) is 0.130. The molecule has 0 spiro atoms. The molecule has 0 atom stereocenters. The van der Waals surface area contributed by atoms with Gasteiger partial charge in [-0.05, 0) is 60.0 Å². The predicted octanol–water partition coefficient (Wildman–Crippen LogP) is 4.25. The molecular formula is C23H21N3O5. The predicted molar refractivity (Wildman–Crippen MR) is 117 cm³/mol. The molecular weight excluding hydrogens is 398 g/mol. The van der Waals surface area contributed by atoms with Gasteiger partial charge in [0, 0.05) is 17.7 Å². The summed E-state index contributed by atoms with van der Waals surface area (Å²) in [5, 5.41) is 14.8. The molecule has 0 aliphatic rings. The van der Waals surface area contributed by atoms with E-state index in [1.807, 2.05) is 19.1 Å². The molecule has 0 saturated heterocycles. The van der Waals surface area contributed by atoms with Crippen molar-refractivity contribution in [2.24, 2.45) is 5.10 Å². The molecule has 3 aromatic rings. The maximum atomic E-state index is 12.2. The van der Waals surface area contributed by atoms with Crippen molar-refractivity contribution in [3.8, 4) is 11.5 Å². The molecule has 1 amide bonds. The van der Waals surface area contributed by atoms with Crippen molar-refractivity contribution in [3.63, 3.8) is 0 Å². The van der Waals surface area contributed by atoms with Crippen molar-refractivity contribution >= 4 is 17.8 Å². The number of amides is 1. The van der Waals surface area contributed by atoms with Crippen molar-refractivity contribution in [1.82, 2.24) is 5.43 Å². The highest BCUT2D eigenvalue weighted by molar-refractivity contribution is 5.96. The number of carbonyl (C=O) groups is 1. The van der Waals surface area contributed by atoms with Gasteiger partial charge in [-0.1, -0.05) is 18.2 Å². The molecule has 0 unspecified atom stereocenters. The quantitative estimate of drug-likeness (QED) is 0.334. The van der Waals surface area contributed by atoms with Crippen molar-refractivity contribution < 1.29 is 19.2 Å². The Balaban J connectivity index is 1.67. The van der Waals surface area contributed by atoms with Gasteiger partial charge in [-0.2, -0.15) is 5.10 Å². The molecule has 0 radical (unpaired) electrons. The first-order valence-electron chi connectivity index (χ1n) is 9.41. The van der Waals surface area contributed by atoms with Crippen LogP contribution in [0.25, 0.3) is 0 Å². The monoisotopic (exact) mass is 419 g/mol. The van der Waals surface area contributed by atoms with Crippen LogP contribution in [0.3, 0.4) is 0 Å². The van der Waals surface area contributed by atoms with E-state index in [-0.39, 0.29) is 18.2 Å². The number of benzene rings is 3. The van der Waals surface area contributed by atoms with E-state index < -0.39 is 4.92 Å². The highest BCUT2D eigenvalue weighted by atomic mass is 16.6. The van der Waals surface area contributed by atoms with Crippen LogP contribution < -0.4 is 14.9 Å². The maximum Gasteiger partial charge on any atom is 0.271 e. The summed E-state index contributed by atoms with van der Waals surface area (Å²) in [7, 11) is 1.53. The number of hydrazone groups is 1. The molecule has 1 N–H and O–H groups in total. The first kappa shape index (κ1) is 21.5. The lowest BCUT2D eigenvalue weighted by molar-refractivity contribution is -0.384. The summed E-state index contributed by atoms with van der Waals surface area (Å²) in [5.41, 5.74) is 5.43. The van der Waals surface area contributed by atoms with E-state index in [9.17, 15) is 14.9 Å². The average molecular weight is 419 g/mol. The van der Waals surface area contributed by atoms with E-state index in [1.165, 1.54) is 25.5 Å². The van der Waals surface area contributed by atoms with Crippen LogP contribution in [0.5, 0.6) is 11.5 Å². The zero-order chi connectivity index (χ0) is 22.2. The SMILES string of the molecule is COc1ccc(/C=N\NC(=O)c2ccccc2C)cc1OCc1ccc([N+](=O)[O-])cc1. The number of carbonyl (C=O) groups excluding carboxylic acids is 1. The summed E-state index contributed by atoms with van der Waals surface area (Å²) in [5.74, 6) is 0.718. The van der Waals surface area contributed by atoms with E-state index in [1.54, 1.807) is 42.5 Å². The van der Waals surface area contributed by atoms with Crippen molar-refractivity contribution in [3.05, 3.63) is 99.1 Å². The third-order valence-electron chi connectivity index (χ3n) is 4.50. The molecule has 158 valence electrons. The van der Waals surface area contributed by atoms with Crippen molar-refractivity contribution in [2.45, 2.75) is 13.5 Å². The van der Waals surface area contributed by atoms with Crippen LogP contribution in [0.2, 0.25) is 0 Å². The number of nitrogens with zero attached hydrogens (tertiary/aromatic N) is 2. The minimum absolute atomic E-state index is 0.0206. The van der Waals surface area contributed by atoms with Crippen molar-refractivity contribution in [2.75, 3.05) is 7.11 Å². The van der Waals surface area contributed by atoms with Crippen LogP contribution in [-0.2, 0) is 6.61 Å². The van der Waals surface area contributed by atoms with Gasteiger partial charge in [-0.15, -0.1) is 0 Å². The molecule has 0 aliphatic heterocycles. The van der Waals surface area contributed by atoms with Crippen LogP contribution >= 0.6 is 0 Å². The second-order valence-electron chi connectivity index (χ2n) is 6.64. The zero-order valence-electron chi connectivity index (χ0n) is 17.1. The molecule has 3 aromatic carbocycles. The molecule has 0 fully saturated rings. The molecule has 0 aliphatic carbocycles. The van der Waals surface area contributed by atoms with Crippen LogP contribution in [-0.4, -0.2) is 24.2 Å². The van der Waals surface area contributed by atoms with Crippen LogP contribution in [0.15, 0.2) is 71.8 Å². The molecule has 8 nitrogen and oxygen atoms in total. The van der Waals surface area contributed by atoms with Gasteiger partial charge >= 0.3 is 0 Å². The summed E-state index contributed by atoms with van der Waals surface area (Å²) in [6.45, 7) is 2.07. The van der Waals surface area contributed by atoms with Gasteiger partial charge in [0.2, 0.25) is 0 Å². The summed E-state index contributed by atoms with van der Waals surface area (Å²) in [6.07, 6.45) is 1.51. The Bertz CT molecular complexity index is 1110. The Morgan fingerprint density at radius 1 is 1.10 bits per heavy atom. The number of nitro benzene ring substituents is 1. The summed E-state index contributed by atoms with van der Waals surface area (Å²) < 4.78 is 11.1. The lowest BCUT2D eigenvalue weighted by Gasteiger charge is -2.11. The Morgan fingerprint density at radius 3 is 2.52 bits per heavy atom. The molecule has 31 heavy (non-hydrogen) atoms. The Hall–Kier alpha value is -4.20. The highest BCUT2D eigenvalue weighted by Gasteiger charge is 2.09. The molecule has 8 heteroatoms. The topological polar surface area (TPSA) is 103 Å². The number of ether oxygens (including phenoxy) is 2. The van der Waals surface area contributed by atoms with Gasteiger partial charge < -0.3 is 9.47 Å². The normalized spacial score (nSPS) is 10.6. The largest absolute Gasteiger partial charge is 0.493 e. The minimum atomic E-state index is -0.450. The fourth-order valence-electron chi connectivity index (χ4n) is 2.81. The van der Waals surface area contributed by atoms with Crippen LogP contribution in [0, 0.1) is 17.0 Å². The molecule has 0 aromatic heterocycles. The summed E-state index contributed by atoms with van der Waals surface area (Å²) >= 11 is 0. The third-order valence-corrected chi connectivity index (χ3v) is 4.50. The Morgan fingerprint density at radius 2 is 1.84 bits per heavy atom. The van der Waals surface area contributed by atoms with E-state index in [2.05, 4.69) is 10.5 Å².